The molecule has 90 valence electrons. The molecule has 3 rings (SSSR count). The average molecular weight is 320 g/mol. The molecule has 0 aliphatic rings. The van der Waals surface area contributed by atoms with E-state index in [4.69, 9.17) is 0 Å². The number of fused-ring (bicyclic) bond motifs is 1. The van der Waals surface area contributed by atoms with Crippen molar-refractivity contribution in [2.75, 3.05) is 6.26 Å². The Morgan fingerprint density at radius 3 is 2.67 bits per heavy atom. The van der Waals surface area contributed by atoms with Gasteiger partial charge in [-0.05, 0) is 30.5 Å². The van der Waals surface area contributed by atoms with Crippen molar-refractivity contribution < 1.29 is 0 Å². The lowest BCUT2D eigenvalue weighted by Crippen LogP contribution is -1.97. The minimum absolute atomic E-state index is 0.899. The van der Waals surface area contributed by atoms with E-state index in [2.05, 4.69) is 44.2 Å². The van der Waals surface area contributed by atoms with Crippen LogP contribution in [0.25, 0.3) is 16.8 Å². The number of hydrogen-bond acceptors (Lipinski definition) is 3. The number of thioether (sulfide) groups is 1. The Hall–Kier alpha value is -1.33. The van der Waals surface area contributed by atoms with Gasteiger partial charge in [-0.15, -0.1) is 0 Å². The molecule has 18 heavy (non-hydrogen) atoms. The Balaban J connectivity index is 2.19. The van der Waals surface area contributed by atoms with Gasteiger partial charge in [0, 0.05) is 10.0 Å². The smallest absolute Gasteiger partial charge is 0.189 e. The van der Waals surface area contributed by atoms with Gasteiger partial charge < -0.3 is 0 Å². The third-order valence-corrected chi connectivity index (χ3v) is 3.83. The molecule has 0 atom stereocenters. The first kappa shape index (κ1) is 11.7. The Labute approximate surface area is 117 Å². The van der Waals surface area contributed by atoms with Gasteiger partial charge in [0.15, 0.2) is 5.16 Å². The van der Waals surface area contributed by atoms with Crippen LogP contribution >= 0.6 is 27.7 Å². The van der Waals surface area contributed by atoms with E-state index >= 15 is 0 Å². The van der Waals surface area contributed by atoms with Gasteiger partial charge in [-0.2, -0.15) is 5.10 Å². The van der Waals surface area contributed by atoms with Crippen LogP contribution in [0.2, 0.25) is 0 Å². The SMILES string of the molecule is CSc1nc(-c2ccc(Br)cc2)cc2ccnn12. The van der Waals surface area contributed by atoms with Gasteiger partial charge in [-0.1, -0.05) is 39.8 Å². The maximum atomic E-state index is 4.64. The van der Waals surface area contributed by atoms with Gasteiger partial charge >= 0.3 is 0 Å². The molecule has 2 heterocycles. The highest BCUT2D eigenvalue weighted by atomic mass is 79.9. The maximum Gasteiger partial charge on any atom is 0.189 e. The van der Waals surface area contributed by atoms with Gasteiger partial charge in [0.1, 0.15) is 0 Å². The van der Waals surface area contributed by atoms with Crippen molar-refractivity contribution in [3.63, 3.8) is 0 Å². The van der Waals surface area contributed by atoms with Gasteiger partial charge in [-0.25, -0.2) is 9.50 Å². The molecule has 3 nitrogen and oxygen atoms in total. The summed E-state index contributed by atoms with van der Waals surface area (Å²) >= 11 is 5.04. The molecule has 0 amide bonds. The Morgan fingerprint density at radius 1 is 1.17 bits per heavy atom. The fourth-order valence-corrected chi connectivity index (χ4v) is 2.59. The summed E-state index contributed by atoms with van der Waals surface area (Å²) in [6, 6.07) is 12.2. The Morgan fingerprint density at radius 2 is 1.94 bits per heavy atom. The number of hydrogen-bond donors (Lipinski definition) is 0. The Bertz CT molecular complexity index is 691. The van der Waals surface area contributed by atoms with Crippen LogP contribution in [0.1, 0.15) is 0 Å². The third kappa shape index (κ3) is 2.04. The van der Waals surface area contributed by atoms with Gasteiger partial charge in [0.25, 0.3) is 0 Å². The lowest BCUT2D eigenvalue weighted by atomic mass is 10.1. The maximum absolute atomic E-state index is 4.64. The van der Waals surface area contributed by atoms with E-state index in [1.54, 1.807) is 18.0 Å². The van der Waals surface area contributed by atoms with Gasteiger partial charge in [-0.3, -0.25) is 0 Å². The van der Waals surface area contributed by atoms with Crippen LogP contribution in [0.15, 0.2) is 52.2 Å². The summed E-state index contributed by atoms with van der Waals surface area (Å²) in [5.74, 6) is 0. The standard InChI is InChI=1S/C13H10BrN3S/c1-18-13-16-12(8-11-6-7-15-17(11)13)9-2-4-10(14)5-3-9/h2-8H,1H3. The zero-order valence-electron chi connectivity index (χ0n) is 9.67. The second-order valence-electron chi connectivity index (χ2n) is 3.80. The molecule has 0 aliphatic heterocycles. The molecule has 0 bridgehead atoms. The molecule has 3 aromatic rings. The average Bonchev–Trinajstić information content (AvgIpc) is 2.86. The summed E-state index contributed by atoms with van der Waals surface area (Å²) in [7, 11) is 0. The molecule has 0 N–H and O–H groups in total. The third-order valence-electron chi connectivity index (χ3n) is 2.68. The van der Waals surface area contributed by atoms with E-state index in [0.717, 1.165) is 26.4 Å². The monoisotopic (exact) mass is 319 g/mol. The summed E-state index contributed by atoms with van der Waals surface area (Å²) in [6.45, 7) is 0. The molecule has 0 spiro atoms. The molecule has 0 unspecified atom stereocenters. The zero-order valence-corrected chi connectivity index (χ0v) is 12.1. The zero-order chi connectivity index (χ0) is 12.5. The fraction of sp³-hybridized carbons (Fsp3) is 0.0769. The summed E-state index contributed by atoms with van der Waals surface area (Å²) in [5, 5.41) is 5.16. The summed E-state index contributed by atoms with van der Waals surface area (Å²) < 4.78 is 2.93. The normalized spacial score (nSPS) is 11.0. The van der Waals surface area contributed by atoms with Crippen molar-refractivity contribution in [3.8, 4) is 11.3 Å². The highest BCUT2D eigenvalue weighted by Gasteiger charge is 2.07. The summed E-state index contributed by atoms with van der Waals surface area (Å²) in [6.07, 6.45) is 3.80. The molecule has 1 aromatic carbocycles. The fourth-order valence-electron chi connectivity index (χ4n) is 1.81. The second-order valence-corrected chi connectivity index (χ2v) is 5.49. The lowest BCUT2D eigenvalue weighted by Gasteiger charge is -2.06. The van der Waals surface area contributed by atoms with Crippen molar-refractivity contribution in [2.24, 2.45) is 0 Å². The number of rotatable bonds is 2. The molecule has 0 fully saturated rings. The second kappa shape index (κ2) is 4.74. The first-order chi connectivity index (χ1) is 8.78. The highest BCUT2D eigenvalue weighted by molar-refractivity contribution is 9.10. The van der Waals surface area contributed by atoms with Gasteiger partial charge in [0.05, 0.1) is 17.4 Å². The van der Waals surface area contributed by atoms with E-state index in [1.807, 2.05) is 29.0 Å². The summed E-state index contributed by atoms with van der Waals surface area (Å²) in [4.78, 5) is 4.64. The van der Waals surface area contributed by atoms with Crippen molar-refractivity contribution in [3.05, 3.63) is 47.1 Å². The first-order valence-electron chi connectivity index (χ1n) is 5.42. The van der Waals surface area contributed by atoms with Crippen LogP contribution in [0.5, 0.6) is 0 Å². The molecule has 2 aromatic heterocycles. The first-order valence-corrected chi connectivity index (χ1v) is 7.44. The number of benzene rings is 1. The molecular formula is C13H10BrN3S. The van der Waals surface area contributed by atoms with E-state index in [1.165, 1.54) is 0 Å². The number of aromatic nitrogens is 3. The molecular weight excluding hydrogens is 310 g/mol. The quantitative estimate of drug-likeness (QED) is 0.530. The topological polar surface area (TPSA) is 30.2 Å². The molecule has 0 radical (unpaired) electrons. The van der Waals surface area contributed by atoms with E-state index < -0.39 is 0 Å². The predicted octanol–water partition coefficient (Wildman–Crippen LogP) is 3.88. The molecule has 5 heteroatoms. The minimum Gasteiger partial charge on any atom is -0.222 e. The van der Waals surface area contributed by atoms with E-state index in [0.29, 0.717) is 0 Å². The van der Waals surface area contributed by atoms with Crippen LogP contribution in [0.3, 0.4) is 0 Å². The number of halogens is 1. The van der Waals surface area contributed by atoms with E-state index in [9.17, 15) is 0 Å². The van der Waals surface area contributed by atoms with Crippen LogP contribution in [0, 0.1) is 0 Å². The lowest BCUT2D eigenvalue weighted by molar-refractivity contribution is 0.799. The molecule has 0 saturated carbocycles. The van der Waals surface area contributed by atoms with E-state index in [-0.39, 0.29) is 0 Å². The highest BCUT2D eigenvalue weighted by Crippen LogP contribution is 2.24. The van der Waals surface area contributed by atoms with Crippen molar-refractivity contribution >= 4 is 33.2 Å². The Kier molecular flexibility index (Phi) is 3.09. The van der Waals surface area contributed by atoms with Crippen molar-refractivity contribution in [1.29, 1.82) is 0 Å². The van der Waals surface area contributed by atoms with Crippen LogP contribution in [-0.2, 0) is 0 Å². The molecule has 0 aliphatic carbocycles. The van der Waals surface area contributed by atoms with Crippen LogP contribution < -0.4 is 0 Å². The van der Waals surface area contributed by atoms with Crippen LogP contribution in [0.4, 0.5) is 0 Å². The number of nitrogens with zero attached hydrogens (tertiary/aromatic N) is 3. The van der Waals surface area contributed by atoms with Crippen molar-refractivity contribution in [2.45, 2.75) is 5.16 Å². The van der Waals surface area contributed by atoms with Crippen LogP contribution in [-0.4, -0.2) is 20.9 Å². The molecule has 0 saturated heterocycles. The minimum atomic E-state index is 0.899. The van der Waals surface area contributed by atoms with Gasteiger partial charge in [0.2, 0.25) is 0 Å². The predicted molar refractivity (Wildman–Crippen MR) is 77.9 cm³/mol. The van der Waals surface area contributed by atoms with Crippen molar-refractivity contribution in [1.82, 2.24) is 14.6 Å². The summed E-state index contributed by atoms with van der Waals surface area (Å²) in [5.41, 5.74) is 3.14. The largest absolute Gasteiger partial charge is 0.222 e.